The van der Waals surface area contributed by atoms with Gasteiger partial charge in [-0.25, -0.2) is 0 Å². The van der Waals surface area contributed by atoms with E-state index < -0.39 is 0 Å². The second kappa shape index (κ2) is 8.37. The second-order valence-electron chi connectivity index (χ2n) is 7.27. The normalized spacial score (nSPS) is 28.6. The van der Waals surface area contributed by atoms with E-state index in [-0.39, 0.29) is 30.5 Å². The number of fused-ring (bicyclic) bond motifs is 1. The summed E-state index contributed by atoms with van der Waals surface area (Å²) in [7, 11) is 0. The van der Waals surface area contributed by atoms with Crippen molar-refractivity contribution in [3.8, 4) is 5.75 Å². The van der Waals surface area contributed by atoms with E-state index in [9.17, 15) is 9.59 Å². The summed E-state index contributed by atoms with van der Waals surface area (Å²) in [6, 6.07) is 9.67. The molecule has 1 saturated heterocycles. The van der Waals surface area contributed by atoms with Crippen molar-refractivity contribution in [1.29, 1.82) is 0 Å². The number of amides is 2. The molecule has 1 aromatic rings. The molecule has 2 N–H and O–H groups in total. The smallest absolute Gasteiger partial charge is 0.258 e. The van der Waals surface area contributed by atoms with Crippen LogP contribution < -0.4 is 15.4 Å². The summed E-state index contributed by atoms with van der Waals surface area (Å²) in [5.74, 6) is 1.83. The predicted molar refractivity (Wildman–Crippen MR) is 96.2 cm³/mol. The van der Waals surface area contributed by atoms with Crippen LogP contribution in [0.1, 0.15) is 45.4 Å². The van der Waals surface area contributed by atoms with Crippen LogP contribution in [0.3, 0.4) is 0 Å². The standard InChI is InChI=1S/C20H28N2O3/c1-2-6-14-11-19(23)22-18-12-15(9-10-17(14)18)21-20(24)13-25-16-7-4-3-5-8-16/h3-5,7-8,14-15,17-18H,2,6,9-13H2,1H3,(H,21,24)(H,22,23). The summed E-state index contributed by atoms with van der Waals surface area (Å²) >= 11 is 0. The number of carbonyl (C=O) groups excluding carboxylic acids is 2. The van der Waals surface area contributed by atoms with Crippen LogP contribution in [-0.4, -0.2) is 30.5 Å². The maximum Gasteiger partial charge on any atom is 0.258 e. The van der Waals surface area contributed by atoms with Crippen molar-refractivity contribution in [3.63, 3.8) is 0 Å². The highest BCUT2D eigenvalue weighted by Crippen LogP contribution is 2.37. The molecule has 1 aliphatic carbocycles. The summed E-state index contributed by atoms with van der Waals surface area (Å²) in [6.45, 7) is 2.21. The monoisotopic (exact) mass is 344 g/mol. The molecule has 1 saturated carbocycles. The molecular formula is C20H28N2O3. The molecule has 5 heteroatoms. The molecule has 0 spiro atoms. The van der Waals surface area contributed by atoms with Gasteiger partial charge in [-0.2, -0.15) is 0 Å². The van der Waals surface area contributed by atoms with Crippen molar-refractivity contribution in [1.82, 2.24) is 10.6 Å². The van der Waals surface area contributed by atoms with Crippen molar-refractivity contribution >= 4 is 11.8 Å². The van der Waals surface area contributed by atoms with Crippen LogP contribution in [0.5, 0.6) is 5.75 Å². The Bertz CT molecular complexity index is 590. The molecule has 1 aliphatic heterocycles. The van der Waals surface area contributed by atoms with Gasteiger partial charge in [0, 0.05) is 18.5 Å². The lowest BCUT2D eigenvalue weighted by Crippen LogP contribution is -2.55. The number of piperidine rings is 1. The molecule has 136 valence electrons. The Morgan fingerprint density at radius 2 is 2.08 bits per heavy atom. The summed E-state index contributed by atoms with van der Waals surface area (Å²) in [6.07, 6.45) is 5.79. The summed E-state index contributed by atoms with van der Waals surface area (Å²) < 4.78 is 5.50. The third-order valence-electron chi connectivity index (χ3n) is 5.44. The van der Waals surface area contributed by atoms with Gasteiger partial charge in [0.1, 0.15) is 5.75 Å². The zero-order chi connectivity index (χ0) is 17.6. The van der Waals surface area contributed by atoms with Gasteiger partial charge in [-0.1, -0.05) is 31.5 Å². The largest absolute Gasteiger partial charge is 0.484 e. The van der Waals surface area contributed by atoms with Crippen LogP contribution in [0, 0.1) is 11.8 Å². The Labute approximate surface area is 149 Å². The first-order valence-electron chi connectivity index (χ1n) is 9.42. The van der Waals surface area contributed by atoms with Gasteiger partial charge in [0.05, 0.1) is 0 Å². The van der Waals surface area contributed by atoms with E-state index in [2.05, 4.69) is 17.6 Å². The van der Waals surface area contributed by atoms with E-state index in [1.54, 1.807) is 0 Å². The number of rotatable bonds is 6. The molecule has 2 amide bonds. The fourth-order valence-corrected chi connectivity index (χ4v) is 4.33. The van der Waals surface area contributed by atoms with Gasteiger partial charge in [0.2, 0.25) is 5.91 Å². The van der Waals surface area contributed by atoms with Gasteiger partial charge < -0.3 is 15.4 Å². The number of carbonyl (C=O) groups is 2. The molecular weight excluding hydrogens is 316 g/mol. The second-order valence-corrected chi connectivity index (χ2v) is 7.27. The molecule has 1 heterocycles. The van der Waals surface area contributed by atoms with E-state index in [4.69, 9.17) is 4.74 Å². The third kappa shape index (κ3) is 4.74. The van der Waals surface area contributed by atoms with Gasteiger partial charge in [-0.3, -0.25) is 9.59 Å². The molecule has 2 fully saturated rings. The Balaban J connectivity index is 1.48. The number of hydrogen-bond donors (Lipinski definition) is 2. The minimum atomic E-state index is -0.0976. The van der Waals surface area contributed by atoms with Gasteiger partial charge >= 0.3 is 0 Å². The SMILES string of the molecule is CCCC1CC(=O)NC2CC(NC(=O)COc3ccccc3)CCC12. The van der Waals surface area contributed by atoms with Gasteiger partial charge in [-0.15, -0.1) is 0 Å². The summed E-state index contributed by atoms with van der Waals surface area (Å²) in [5, 5.41) is 6.21. The molecule has 2 aliphatic rings. The zero-order valence-electron chi connectivity index (χ0n) is 14.9. The minimum Gasteiger partial charge on any atom is -0.484 e. The number of nitrogens with one attached hydrogen (secondary N) is 2. The molecule has 25 heavy (non-hydrogen) atoms. The van der Waals surface area contributed by atoms with Gasteiger partial charge in [0.25, 0.3) is 5.91 Å². The molecule has 1 aromatic carbocycles. The number of benzene rings is 1. The molecule has 3 rings (SSSR count). The molecule has 4 unspecified atom stereocenters. The molecule has 5 nitrogen and oxygen atoms in total. The minimum absolute atomic E-state index is 0.0272. The first-order chi connectivity index (χ1) is 12.2. The fourth-order valence-electron chi connectivity index (χ4n) is 4.33. The van der Waals surface area contributed by atoms with E-state index in [1.807, 2.05) is 30.3 Å². The predicted octanol–water partition coefficient (Wildman–Crippen LogP) is 2.66. The van der Waals surface area contributed by atoms with Crippen molar-refractivity contribution < 1.29 is 14.3 Å². The lowest BCUT2D eigenvalue weighted by atomic mass is 9.70. The Kier molecular flexibility index (Phi) is 5.95. The van der Waals surface area contributed by atoms with E-state index in [1.165, 1.54) is 0 Å². The Morgan fingerprint density at radius 1 is 1.28 bits per heavy atom. The number of ether oxygens (including phenoxy) is 1. The van der Waals surface area contributed by atoms with Crippen LogP contribution in [0.2, 0.25) is 0 Å². The maximum atomic E-state index is 12.2. The average Bonchev–Trinajstić information content (AvgIpc) is 2.61. The number of hydrogen-bond acceptors (Lipinski definition) is 3. The third-order valence-corrected chi connectivity index (χ3v) is 5.44. The highest BCUT2D eigenvalue weighted by atomic mass is 16.5. The summed E-state index contributed by atoms with van der Waals surface area (Å²) in [5.41, 5.74) is 0. The van der Waals surface area contributed by atoms with Gasteiger partial charge in [0.15, 0.2) is 6.61 Å². The lowest BCUT2D eigenvalue weighted by Gasteiger charge is -2.44. The lowest BCUT2D eigenvalue weighted by molar-refractivity contribution is -0.127. The van der Waals surface area contributed by atoms with Crippen LogP contribution in [-0.2, 0) is 9.59 Å². The van der Waals surface area contributed by atoms with Crippen molar-refractivity contribution in [3.05, 3.63) is 30.3 Å². The zero-order valence-corrected chi connectivity index (χ0v) is 14.9. The molecule has 0 radical (unpaired) electrons. The highest BCUT2D eigenvalue weighted by Gasteiger charge is 2.40. The van der Waals surface area contributed by atoms with Crippen molar-refractivity contribution in [2.45, 2.75) is 57.5 Å². The van der Waals surface area contributed by atoms with Crippen LogP contribution in [0.25, 0.3) is 0 Å². The molecule has 0 bridgehead atoms. The Hall–Kier alpha value is -2.04. The van der Waals surface area contributed by atoms with Crippen LogP contribution >= 0.6 is 0 Å². The van der Waals surface area contributed by atoms with Crippen LogP contribution in [0.4, 0.5) is 0 Å². The summed E-state index contributed by atoms with van der Waals surface area (Å²) in [4.78, 5) is 24.1. The van der Waals surface area contributed by atoms with Crippen LogP contribution in [0.15, 0.2) is 30.3 Å². The van der Waals surface area contributed by atoms with E-state index in [0.717, 1.165) is 32.1 Å². The number of para-hydroxylation sites is 1. The fraction of sp³-hybridized carbons (Fsp3) is 0.600. The van der Waals surface area contributed by atoms with E-state index >= 15 is 0 Å². The first-order valence-corrected chi connectivity index (χ1v) is 9.42. The quantitative estimate of drug-likeness (QED) is 0.834. The van der Waals surface area contributed by atoms with Crippen molar-refractivity contribution in [2.24, 2.45) is 11.8 Å². The Morgan fingerprint density at radius 3 is 2.84 bits per heavy atom. The molecule has 4 atom stereocenters. The highest BCUT2D eigenvalue weighted by molar-refractivity contribution is 5.78. The maximum absolute atomic E-state index is 12.2. The van der Waals surface area contributed by atoms with Crippen molar-refractivity contribution in [2.75, 3.05) is 6.61 Å². The average molecular weight is 344 g/mol. The first kappa shape index (κ1) is 17.8. The topological polar surface area (TPSA) is 67.4 Å². The molecule has 0 aromatic heterocycles. The van der Waals surface area contributed by atoms with Gasteiger partial charge in [-0.05, 0) is 49.7 Å². The van der Waals surface area contributed by atoms with E-state index in [0.29, 0.717) is 24.0 Å².